The van der Waals surface area contributed by atoms with E-state index in [2.05, 4.69) is 4.74 Å². The van der Waals surface area contributed by atoms with Crippen molar-refractivity contribution >= 4 is 26.9 Å². The minimum Gasteiger partial charge on any atom is -0.422 e. The number of halogens is 4. The van der Waals surface area contributed by atoms with Crippen LogP contribution in [0.1, 0.15) is 0 Å². The summed E-state index contributed by atoms with van der Waals surface area (Å²) in [6, 6.07) is 9.91. The van der Waals surface area contributed by atoms with Crippen molar-refractivity contribution in [3.8, 4) is 5.75 Å². The van der Waals surface area contributed by atoms with E-state index in [0.717, 1.165) is 6.07 Å². The maximum absolute atomic E-state index is 13.8. The van der Waals surface area contributed by atoms with E-state index in [4.69, 9.17) is 4.55 Å². The second-order valence-electron chi connectivity index (χ2n) is 4.43. The molecule has 1 atom stereocenters. The number of hydrogen-bond donors (Lipinski definition) is 1. The highest BCUT2D eigenvalue weighted by atomic mass is 32.2. The number of benzene rings is 2. The van der Waals surface area contributed by atoms with Crippen LogP contribution in [0.15, 0.2) is 42.5 Å². The van der Waals surface area contributed by atoms with Crippen LogP contribution in [0.3, 0.4) is 0 Å². The van der Waals surface area contributed by atoms with Crippen molar-refractivity contribution in [1.82, 2.24) is 0 Å². The van der Waals surface area contributed by atoms with Gasteiger partial charge >= 0.3 is 27.3 Å². The highest BCUT2D eigenvalue weighted by molar-refractivity contribution is 7.88. The van der Waals surface area contributed by atoms with E-state index in [1.54, 1.807) is 18.2 Å². The van der Waals surface area contributed by atoms with E-state index in [1.165, 1.54) is 18.2 Å². The molecule has 1 unspecified atom stereocenters. The molecule has 124 valence electrons. The Labute approximate surface area is 127 Å². The van der Waals surface area contributed by atoms with E-state index >= 15 is 0 Å². The number of fused-ring (bicyclic) bond motifs is 1. The molecular weight excluding hydrogens is 344 g/mol. The molecule has 0 aliphatic rings. The minimum atomic E-state index is -6.46. The van der Waals surface area contributed by atoms with Crippen molar-refractivity contribution in [2.45, 2.75) is 11.2 Å². The molecule has 2 aromatic carbocycles. The van der Waals surface area contributed by atoms with Gasteiger partial charge in [0.1, 0.15) is 5.75 Å². The van der Waals surface area contributed by atoms with Crippen molar-refractivity contribution in [2.24, 2.45) is 0 Å². The molecule has 10 heteroatoms. The lowest BCUT2D eigenvalue weighted by Gasteiger charge is -2.22. The van der Waals surface area contributed by atoms with Gasteiger partial charge in [0.25, 0.3) is 0 Å². The number of alkyl halides is 4. The van der Waals surface area contributed by atoms with E-state index in [9.17, 15) is 30.8 Å². The second-order valence-corrected chi connectivity index (χ2v) is 5.95. The van der Waals surface area contributed by atoms with Crippen LogP contribution < -0.4 is 4.74 Å². The standard InChI is InChI=1S/C13H8F4O5S/c14-12(13(15,16)17,23(19,20)21)11(18)22-10-7-3-5-8-4-1-2-6-9(8)10/h1-7H,(H,19,20,21). The Kier molecular flexibility index (Phi) is 4.07. The van der Waals surface area contributed by atoms with Gasteiger partial charge in [0.05, 0.1) is 0 Å². The van der Waals surface area contributed by atoms with Crippen LogP contribution >= 0.6 is 0 Å². The van der Waals surface area contributed by atoms with Gasteiger partial charge in [0, 0.05) is 5.39 Å². The van der Waals surface area contributed by atoms with E-state index in [-0.39, 0.29) is 5.39 Å². The van der Waals surface area contributed by atoms with Crippen LogP contribution in [0.2, 0.25) is 0 Å². The third-order valence-corrected chi connectivity index (χ3v) is 4.04. The Morgan fingerprint density at radius 3 is 2.13 bits per heavy atom. The van der Waals surface area contributed by atoms with Crippen molar-refractivity contribution in [3.05, 3.63) is 42.5 Å². The highest BCUT2D eigenvalue weighted by Gasteiger charge is 2.72. The first-order valence-corrected chi connectivity index (χ1v) is 7.35. The molecule has 0 saturated heterocycles. The Morgan fingerprint density at radius 1 is 1.00 bits per heavy atom. The fourth-order valence-corrected chi connectivity index (χ4v) is 2.36. The smallest absolute Gasteiger partial charge is 0.422 e. The monoisotopic (exact) mass is 352 g/mol. The quantitative estimate of drug-likeness (QED) is 0.398. The minimum absolute atomic E-state index is 0.156. The third kappa shape index (κ3) is 2.86. The summed E-state index contributed by atoms with van der Waals surface area (Å²) in [5, 5.41) is -4.97. The number of carbonyl (C=O) groups excluding carboxylic acids is 1. The first-order chi connectivity index (χ1) is 10.5. The maximum atomic E-state index is 13.8. The van der Waals surface area contributed by atoms with Gasteiger partial charge in [0.2, 0.25) is 0 Å². The number of carbonyl (C=O) groups is 1. The number of esters is 1. The molecule has 2 rings (SSSR count). The van der Waals surface area contributed by atoms with Gasteiger partial charge in [-0.1, -0.05) is 36.4 Å². The molecule has 23 heavy (non-hydrogen) atoms. The number of rotatable bonds is 3. The predicted octanol–water partition coefficient (Wildman–Crippen LogP) is 2.86. The molecule has 0 radical (unpaired) electrons. The fraction of sp³-hybridized carbons (Fsp3) is 0.154. The zero-order chi connectivity index (χ0) is 17.5. The van der Waals surface area contributed by atoms with Gasteiger partial charge in [0.15, 0.2) is 0 Å². The summed E-state index contributed by atoms with van der Waals surface area (Å²) in [6.07, 6.45) is -6.22. The molecular formula is C13H8F4O5S. The van der Waals surface area contributed by atoms with Crippen LogP contribution in [-0.4, -0.2) is 30.1 Å². The lowest BCUT2D eigenvalue weighted by molar-refractivity contribution is -0.209. The van der Waals surface area contributed by atoms with Gasteiger partial charge in [-0.2, -0.15) is 21.6 Å². The van der Waals surface area contributed by atoms with Gasteiger partial charge in [-0.05, 0) is 11.5 Å². The average molecular weight is 352 g/mol. The zero-order valence-corrected chi connectivity index (χ0v) is 11.9. The van der Waals surface area contributed by atoms with E-state index in [1.807, 2.05) is 0 Å². The normalized spacial score (nSPS) is 15.2. The Hall–Kier alpha value is -2.20. The van der Waals surface area contributed by atoms with E-state index < -0.39 is 33.0 Å². The molecule has 0 heterocycles. The third-order valence-electron chi connectivity index (χ3n) is 2.93. The average Bonchev–Trinajstić information content (AvgIpc) is 2.44. The van der Waals surface area contributed by atoms with Gasteiger partial charge in [-0.15, -0.1) is 0 Å². The van der Waals surface area contributed by atoms with Crippen LogP contribution in [-0.2, 0) is 14.9 Å². The molecule has 0 saturated carbocycles. The second kappa shape index (κ2) is 5.46. The Balaban J connectivity index is 2.51. The lowest BCUT2D eigenvalue weighted by atomic mass is 10.1. The largest absolute Gasteiger partial charge is 0.451 e. The molecule has 0 amide bonds. The molecule has 1 N–H and O–H groups in total. The summed E-state index contributed by atoms with van der Waals surface area (Å²) in [5.74, 6) is -3.29. The molecule has 0 spiro atoms. The van der Waals surface area contributed by atoms with Crippen molar-refractivity contribution in [3.63, 3.8) is 0 Å². The van der Waals surface area contributed by atoms with Crippen LogP contribution in [0.25, 0.3) is 10.8 Å². The summed E-state index contributed by atoms with van der Waals surface area (Å²) < 4.78 is 86.1. The summed E-state index contributed by atoms with van der Waals surface area (Å²) in [4.78, 5) is 11.5. The molecule has 5 nitrogen and oxygen atoms in total. The van der Waals surface area contributed by atoms with Gasteiger partial charge in [-0.3, -0.25) is 4.55 Å². The van der Waals surface area contributed by atoms with Gasteiger partial charge in [-0.25, -0.2) is 9.18 Å². The van der Waals surface area contributed by atoms with Crippen molar-refractivity contribution < 1.29 is 40.1 Å². The van der Waals surface area contributed by atoms with Gasteiger partial charge < -0.3 is 4.74 Å². The molecule has 0 bridgehead atoms. The molecule has 0 aliphatic carbocycles. The summed E-state index contributed by atoms with van der Waals surface area (Å²) in [6.45, 7) is 0. The summed E-state index contributed by atoms with van der Waals surface area (Å²) in [7, 11) is -6.46. The molecule has 0 aromatic heterocycles. The molecule has 0 aliphatic heterocycles. The number of hydrogen-bond acceptors (Lipinski definition) is 4. The van der Waals surface area contributed by atoms with Crippen LogP contribution in [0.5, 0.6) is 5.75 Å². The maximum Gasteiger partial charge on any atom is 0.451 e. The first kappa shape index (κ1) is 17.2. The zero-order valence-electron chi connectivity index (χ0n) is 11.0. The first-order valence-electron chi connectivity index (χ1n) is 5.91. The Bertz CT molecular complexity index is 857. The van der Waals surface area contributed by atoms with E-state index in [0.29, 0.717) is 5.39 Å². The Morgan fingerprint density at radius 2 is 1.57 bits per heavy atom. The SMILES string of the molecule is O=C(Oc1cccc2ccccc12)C(F)(C(F)(F)F)S(=O)(=O)O. The molecule has 0 fully saturated rings. The number of ether oxygens (including phenoxy) is 1. The fourth-order valence-electron chi connectivity index (χ4n) is 1.82. The van der Waals surface area contributed by atoms with Crippen LogP contribution in [0.4, 0.5) is 17.6 Å². The topological polar surface area (TPSA) is 80.7 Å². The van der Waals surface area contributed by atoms with Crippen LogP contribution in [0, 0.1) is 0 Å². The highest BCUT2D eigenvalue weighted by Crippen LogP contribution is 2.40. The molecule has 2 aromatic rings. The lowest BCUT2D eigenvalue weighted by Crippen LogP contribution is -2.55. The van der Waals surface area contributed by atoms with Crippen molar-refractivity contribution in [2.75, 3.05) is 0 Å². The summed E-state index contributed by atoms with van der Waals surface area (Å²) >= 11 is 0. The predicted molar refractivity (Wildman–Crippen MR) is 71.0 cm³/mol. The summed E-state index contributed by atoms with van der Waals surface area (Å²) in [5.41, 5.74) is 0. The van der Waals surface area contributed by atoms with Crippen molar-refractivity contribution in [1.29, 1.82) is 0 Å².